The van der Waals surface area contributed by atoms with Crippen LogP contribution >= 0.6 is 11.6 Å². The van der Waals surface area contributed by atoms with Gasteiger partial charge in [-0.15, -0.1) is 0 Å². The van der Waals surface area contributed by atoms with Crippen molar-refractivity contribution >= 4 is 17.5 Å². The molecule has 0 spiro atoms. The average molecular weight is 395 g/mol. The number of hydrogen-bond acceptors (Lipinski definition) is 4. The van der Waals surface area contributed by atoms with Gasteiger partial charge in [0.1, 0.15) is 11.7 Å². The van der Waals surface area contributed by atoms with Gasteiger partial charge in [-0.3, -0.25) is 9.69 Å². The average Bonchev–Trinajstić information content (AvgIpc) is 2.97. The molecule has 0 bridgehead atoms. The molecule has 1 amide bonds. The SMILES string of the molecule is CCN(C[C@]1(O)CN(C(=O)Cc2ccc(Cl)cc2)C[C@H]1O)C1CCCCC1. The number of benzene rings is 1. The highest BCUT2D eigenvalue weighted by atomic mass is 35.5. The molecular formula is C21H31ClN2O3. The van der Waals surface area contributed by atoms with Crippen LogP contribution in [0.1, 0.15) is 44.6 Å². The number of nitrogens with zero attached hydrogens (tertiary/aromatic N) is 2. The van der Waals surface area contributed by atoms with E-state index in [-0.39, 0.29) is 25.4 Å². The van der Waals surface area contributed by atoms with E-state index in [1.54, 1.807) is 17.0 Å². The number of halogens is 1. The van der Waals surface area contributed by atoms with Crippen molar-refractivity contribution in [1.29, 1.82) is 0 Å². The Balaban J connectivity index is 1.61. The van der Waals surface area contributed by atoms with E-state index in [9.17, 15) is 15.0 Å². The van der Waals surface area contributed by atoms with Crippen molar-refractivity contribution < 1.29 is 15.0 Å². The Morgan fingerprint density at radius 3 is 2.56 bits per heavy atom. The lowest BCUT2D eigenvalue weighted by atomic mass is 9.92. The van der Waals surface area contributed by atoms with Gasteiger partial charge >= 0.3 is 0 Å². The number of likely N-dealkylation sites (N-methyl/N-ethyl adjacent to an activating group) is 1. The van der Waals surface area contributed by atoms with Crippen molar-refractivity contribution in [2.24, 2.45) is 0 Å². The Kier molecular flexibility index (Phi) is 6.79. The largest absolute Gasteiger partial charge is 0.388 e. The molecule has 1 saturated heterocycles. The monoisotopic (exact) mass is 394 g/mol. The summed E-state index contributed by atoms with van der Waals surface area (Å²) in [4.78, 5) is 16.5. The molecule has 0 aromatic heterocycles. The van der Waals surface area contributed by atoms with E-state index in [4.69, 9.17) is 11.6 Å². The van der Waals surface area contributed by atoms with Crippen LogP contribution in [0.25, 0.3) is 0 Å². The van der Waals surface area contributed by atoms with Gasteiger partial charge in [-0.2, -0.15) is 0 Å². The molecule has 1 aromatic carbocycles. The van der Waals surface area contributed by atoms with Crippen molar-refractivity contribution in [3.63, 3.8) is 0 Å². The molecule has 5 nitrogen and oxygen atoms in total. The van der Waals surface area contributed by atoms with Gasteiger partial charge in [-0.05, 0) is 37.1 Å². The number of rotatable bonds is 6. The maximum atomic E-state index is 12.6. The summed E-state index contributed by atoms with van der Waals surface area (Å²) >= 11 is 5.89. The van der Waals surface area contributed by atoms with Gasteiger partial charge in [0, 0.05) is 24.2 Å². The number of carbonyl (C=O) groups is 1. The quantitative estimate of drug-likeness (QED) is 0.778. The molecule has 27 heavy (non-hydrogen) atoms. The summed E-state index contributed by atoms with van der Waals surface area (Å²) < 4.78 is 0. The summed E-state index contributed by atoms with van der Waals surface area (Å²) in [5, 5.41) is 22.3. The lowest BCUT2D eigenvalue weighted by molar-refractivity contribution is -0.130. The van der Waals surface area contributed by atoms with Gasteiger partial charge < -0.3 is 15.1 Å². The fourth-order valence-electron chi connectivity index (χ4n) is 4.41. The number of amides is 1. The normalized spacial score (nSPS) is 26.7. The molecule has 1 aliphatic heterocycles. The Labute approximate surface area is 166 Å². The van der Waals surface area contributed by atoms with Gasteiger partial charge in [0.15, 0.2) is 0 Å². The van der Waals surface area contributed by atoms with Crippen LogP contribution in [0.4, 0.5) is 0 Å². The highest BCUT2D eigenvalue weighted by molar-refractivity contribution is 6.30. The lowest BCUT2D eigenvalue weighted by Crippen LogP contribution is -2.54. The first-order chi connectivity index (χ1) is 12.9. The molecular weight excluding hydrogens is 364 g/mol. The number of likely N-dealkylation sites (tertiary alicyclic amines) is 1. The molecule has 0 radical (unpaired) electrons. The van der Waals surface area contributed by atoms with Crippen LogP contribution in [0.3, 0.4) is 0 Å². The van der Waals surface area contributed by atoms with Crippen molar-refractivity contribution in [2.45, 2.75) is 63.2 Å². The minimum absolute atomic E-state index is 0.0759. The summed E-state index contributed by atoms with van der Waals surface area (Å²) in [6.45, 7) is 3.73. The van der Waals surface area contributed by atoms with Crippen molar-refractivity contribution in [1.82, 2.24) is 9.80 Å². The molecule has 1 aliphatic carbocycles. The molecule has 1 saturated carbocycles. The molecule has 150 valence electrons. The third-order valence-electron chi connectivity index (χ3n) is 6.07. The number of hydrogen-bond donors (Lipinski definition) is 2. The van der Waals surface area contributed by atoms with Crippen molar-refractivity contribution in [2.75, 3.05) is 26.2 Å². The Morgan fingerprint density at radius 2 is 1.93 bits per heavy atom. The molecule has 2 fully saturated rings. The third kappa shape index (κ3) is 5.02. The van der Waals surface area contributed by atoms with Crippen LogP contribution in [-0.4, -0.2) is 69.8 Å². The Hall–Kier alpha value is -1.14. The number of carbonyl (C=O) groups excluding carboxylic acids is 1. The molecule has 1 heterocycles. The predicted octanol–water partition coefficient (Wildman–Crippen LogP) is 2.47. The van der Waals surface area contributed by atoms with E-state index in [1.807, 2.05) is 12.1 Å². The van der Waals surface area contributed by atoms with Crippen LogP contribution < -0.4 is 0 Å². The lowest BCUT2D eigenvalue weighted by Gasteiger charge is -2.39. The van der Waals surface area contributed by atoms with E-state index >= 15 is 0 Å². The zero-order chi connectivity index (χ0) is 19.4. The van der Waals surface area contributed by atoms with Gasteiger partial charge in [0.05, 0.1) is 13.0 Å². The molecule has 2 N–H and O–H groups in total. The Bertz CT molecular complexity index is 633. The summed E-state index contributed by atoms with van der Waals surface area (Å²) in [7, 11) is 0. The highest BCUT2D eigenvalue weighted by Gasteiger charge is 2.47. The molecule has 2 aliphatic rings. The molecule has 6 heteroatoms. The van der Waals surface area contributed by atoms with E-state index in [0.29, 0.717) is 17.6 Å². The van der Waals surface area contributed by atoms with Gasteiger partial charge in [0.25, 0.3) is 0 Å². The maximum absolute atomic E-state index is 12.6. The van der Waals surface area contributed by atoms with Gasteiger partial charge in [-0.1, -0.05) is 49.9 Å². The van der Waals surface area contributed by atoms with E-state index in [1.165, 1.54) is 19.3 Å². The molecule has 2 atom stereocenters. The second kappa shape index (κ2) is 8.91. The number of aliphatic hydroxyl groups excluding tert-OH is 1. The second-order valence-corrected chi connectivity index (χ2v) is 8.49. The minimum atomic E-state index is -1.26. The van der Waals surface area contributed by atoms with Crippen LogP contribution in [0.2, 0.25) is 5.02 Å². The first-order valence-corrected chi connectivity index (χ1v) is 10.5. The zero-order valence-electron chi connectivity index (χ0n) is 16.1. The fourth-order valence-corrected chi connectivity index (χ4v) is 4.54. The summed E-state index contributed by atoms with van der Waals surface area (Å²) in [5.41, 5.74) is -0.380. The number of aliphatic hydroxyl groups is 2. The van der Waals surface area contributed by atoms with Crippen LogP contribution in [0.5, 0.6) is 0 Å². The fraction of sp³-hybridized carbons (Fsp3) is 0.667. The molecule has 0 unspecified atom stereocenters. The van der Waals surface area contributed by atoms with Crippen molar-refractivity contribution in [3.05, 3.63) is 34.9 Å². The number of β-amino-alcohol motifs (C(OH)–C–C–N with tert-alkyl or cyclic N) is 2. The van der Waals surface area contributed by atoms with E-state index in [0.717, 1.165) is 24.9 Å². The topological polar surface area (TPSA) is 64.0 Å². The standard InChI is InChI=1S/C21H31ClN2O3/c1-2-23(18-6-4-3-5-7-18)14-21(27)15-24(13-19(21)25)20(26)12-16-8-10-17(22)11-9-16/h8-11,18-19,25,27H,2-7,12-15H2,1H3/t19-,21+/m1/s1. The molecule has 1 aromatic rings. The van der Waals surface area contributed by atoms with Crippen LogP contribution in [-0.2, 0) is 11.2 Å². The van der Waals surface area contributed by atoms with E-state index in [2.05, 4.69) is 11.8 Å². The Morgan fingerprint density at radius 1 is 1.26 bits per heavy atom. The van der Waals surface area contributed by atoms with Gasteiger partial charge in [-0.25, -0.2) is 0 Å². The maximum Gasteiger partial charge on any atom is 0.227 e. The van der Waals surface area contributed by atoms with E-state index < -0.39 is 11.7 Å². The zero-order valence-corrected chi connectivity index (χ0v) is 16.9. The second-order valence-electron chi connectivity index (χ2n) is 8.05. The predicted molar refractivity (Wildman–Crippen MR) is 107 cm³/mol. The first-order valence-electron chi connectivity index (χ1n) is 10.1. The van der Waals surface area contributed by atoms with Crippen LogP contribution in [0.15, 0.2) is 24.3 Å². The third-order valence-corrected chi connectivity index (χ3v) is 6.33. The first kappa shape index (κ1) is 20.6. The minimum Gasteiger partial charge on any atom is -0.388 e. The summed E-state index contributed by atoms with van der Waals surface area (Å²) in [6.07, 6.45) is 5.39. The summed E-state index contributed by atoms with van der Waals surface area (Å²) in [5.74, 6) is -0.0759. The highest BCUT2D eigenvalue weighted by Crippen LogP contribution is 2.28. The smallest absolute Gasteiger partial charge is 0.227 e. The van der Waals surface area contributed by atoms with Crippen LogP contribution in [0, 0.1) is 0 Å². The van der Waals surface area contributed by atoms with Crippen molar-refractivity contribution in [3.8, 4) is 0 Å². The molecule has 3 rings (SSSR count). The van der Waals surface area contributed by atoms with Gasteiger partial charge in [0.2, 0.25) is 5.91 Å². The summed E-state index contributed by atoms with van der Waals surface area (Å²) in [6, 6.07) is 7.67.